The van der Waals surface area contributed by atoms with Crippen molar-refractivity contribution in [2.24, 2.45) is 11.8 Å². The van der Waals surface area contributed by atoms with Gasteiger partial charge in [0.15, 0.2) is 9.84 Å². The van der Waals surface area contributed by atoms with Crippen LogP contribution in [0.25, 0.3) is 0 Å². The Morgan fingerprint density at radius 2 is 2.19 bits per heavy atom. The molecule has 1 heterocycles. The van der Waals surface area contributed by atoms with Crippen molar-refractivity contribution in [3.8, 4) is 5.75 Å². The first-order chi connectivity index (χ1) is 9.89. The van der Waals surface area contributed by atoms with Crippen molar-refractivity contribution >= 4 is 9.84 Å². The van der Waals surface area contributed by atoms with Gasteiger partial charge in [-0.2, -0.15) is 0 Å². The summed E-state index contributed by atoms with van der Waals surface area (Å²) >= 11 is 0. The normalized spacial score (nSPS) is 22.4. The third-order valence-electron chi connectivity index (χ3n) is 3.73. The maximum atomic E-state index is 11.6. The molecule has 0 aromatic heterocycles. The predicted molar refractivity (Wildman–Crippen MR) is 83.6 cm³/mol. The quantitative estimate of drug-likeness (QED) is 0.618. The average Bonchev–Trinajstić information content (AvgIpc) is 2.75. The zero-order valence-corrected chi connectivity index (χ0v) is 13.4. The monoisotopic (exact) mass is 312 g/mol. The first-order valence-corrected chi connectivity index (χ1v) is 9.15. The molecule has 1 saturated heterocycles. The molecule has 0 saturated carbocycles. The Bertz CT molecular complexity index is 572. The van der Waals surface area contributed by atoms with Crippen LogP contribution in [0.5, 0.6) is 5.75 Å². The van der Waals surface area contributed by atoms with Gasteiger partial charge in [0.05, 0.1) is 17.6 Å². The van der Waals surface area contributed by atoms with E-state index in [9.17, 15) is 8.42 Å². The van der Waals surface area contributed by atoms with Gasteiger partial charge >= 0.3 is 0 Å². The van der Waals surface area contributed by atoms with Crippen molar-refractivity contribution in [1.29, 1.82) is 0 Å². The summed E-state index contributed by atoms with van der Waals surface area (Å²) in [5.41, 5.74) is 3.83. The largest absolute Gasteiger partial charge is 0.491 e. The van der Waals surface area contributed by atoms with E-state index in [1.54, 1.807) is 0 Å². The number of hydrogen-bond acceptors (Lipinski definition) is 5. The minimum absolute atomic E-state index is 0.0565. The van der Waals surface area contributed by atoms with Gasteiger partial charge in [-0.15, -0.1) is 0 Å². The van der Waals surface area contributed by atoms with Crippen LogP contribution in [0.1, 0.15) is 38.3 Å². The topological polar surface area (TPSA) is 81.4 Å². The van der Waals surface area contributed by atoms with Gasteiger partial charge < -0.3 is 4.74 Å². The van der Waals surface area contributed by atoms with Crippen LogP contribution < -0.4 is 16.0 Å². The van der Waals surface area contributed by atoms with Gasteiger partial charge in [-0.05, 0) is 50.3 Å². The van der Waals surface area contributed by atoms with Gasteiger partial charge in [0, 0.05) is 6.04 Å². The number of hydrazine groups is 1. The van der Waals surface area contributed by atoms with Crippen molar-refractivity contribution in [3.63, 3.8) is 0 Å². The van der Waals surface area contributed by atoms with Crippen LogP contribution in [0, 0.1) is 5.92 Å². The molecule has 0 aliphatic carbocycles. The van der Waals surface area contributed by atoms with Crippen molar-refractivity contribution in [1.82, 2.24) is 5.43 Å². The molecule has 1 aromatic carbocycles. The third-order valence-corrected chi connectivity index (χ3v) is 5.57. The molecule has 2 rings (SSSR count). The van der Waals surface area contributed by atoms with Crippen LogP contribution in [0.3, 0.4) is 0 Å². The third kappa shape index (κ3) is 4.69. The Morgan fingerprint density at radius 1 is 1.43 bits per heavy atom. The molecule has 0 bridgehead atoms. The summed E-state index contributed by atoms with van der Waals surface area (Å²) < 4.78 is 28.8. The molecular formula is C15H24N2O3S. The lowest BCUT2D eigenvalue weighted by Gasteiger charge is -2.20. The molecule has 0 spiro atoms. The Balaban J connectivity index is 2.07. The highest BCUT2D eigenvalue weighted by atomic mass is 32.2. The Morgan fingerprint density at radius 3 is 2.76 bits per heavy atom. The SMILES string of the molecule is CC(C)Oc1cccc(C(CC2CCS(=O)(=O)C2)NN)c1. The van der Waals surface area contributed by atoms with Crippen LogP contribution in [0.4, 0.5) is 0 Å². The summed E-state index contributed by atoms with van der Waals surface area (Å²) in [4.78, 5) is 0. The van der Waals surface area contributed by atoms with Crippen LogP contribution in [0.2, 0.25) is 0 Å². The summed E-state index contributed by atoms with van der Waals surface area (Å²) in [6.07, 6.45) is 1.56. The summed E-state index contributed by atoms with van der Waals surface area (Å²) in [6.45, 7) is 3.96. The van der Waals surface area contributed by atoms with Crippen molar-refractivity contribution < 1.29 is 13.2 Å². The van der Waals surface area contributed by atoms with E-state index in [0.717, 1.165) is 24.2 Å². The second kappa shape index (κ2) is 6.77. The Hall–Kier alpha value is -1.11. The number of rotatable bonds is 6. The van der Waals surface area contributed by atoms with E-state index in [-0.39, 0.29) is 23.8 Å². The first-order valence-electron chi connectivity index (χ1n) is 7.33. The van der Waals surface area contributed by atoms with Crippen LogP contribution in [0.15, 0.2) is 24.3 Å². The molecule has 6 heteroatoms. The van der Waals surface area contributed by atoms with Gasteiger partial charge in [-0.3, -0.25) is 11.3 Å². The lowest BCUT2D eigenvalue weighted by atomic mass is 9.94. The highest BCUT2D eigenvalue weighted by Crippen LogP contribution is 2.30. The Kier molecular flexibility index (Phi) is 5.24. The Labute approximate surface area is 126 Å². The molecule has 1 aliphatic rings. The number of hydrogen-bond donors (Lipinski definition) is 2. The average molecular weight is 312 g/mol. The fourth-order valence-corrected chi connectivity index (χ4v) is 4.65. The zero-order valence-electron chi connectivity index (χ0n) is 12.6. The van der Waals surface area contributed by atoms with Crippen LogP contribution in [-0.4, -0.2) is 26.0 Å². The van der Waals surface area contributed by atoms with E-state index in [1.807, 2.05) is 38.1 Å². The van der Waals surface area contributed by atoms with E-state index in [1.165, 1.54) is 0 Å². The molecule has 5 nitrogen and oxygen atoms in total. The maximum Gasteiger partial charge on any atom is 0.150 e. The maximum absolute atomic E-state index is 11.6. The summed E-state index contributed by atoms with van der Waals surface area (Å²) in [6, 6.07) is 7.74. The molecule has 21 heavy (non-hydrogen) atoms. The summed E-state index contributed by atoms with van der Waals surface area (Å²) in [5, 5.41) is 0. The first kappa shape index (κ1) is 16.3. The fourth-order valence-electron chi connectivity index (χ4n) is 2.77. The van der Waals surface area contributed by atoms with Crippen molar-refractivity contribution in [2.75, 3.05) is 11.5 Å². The van der Waals surface area contributed by atoms with Gasteiger partial charge in [0.1, 0.15) is 5.75 Å². The van der Waals surface area contributed by atoms with Gasteiger partial charge in [0.25, 0.3) is 0 Å². The summed E-state index contributed by atoms with van der Waals surface area (Å²) in [5.74, 6) is 7.21. The fraction of sp³-hybridized carbons (Fsp3) is 0.600. The minimum atomic E-state index is -2.85. The van der Waals surface area contributed by atoms with Gasteiger partial charge in [0.2, 0.25) is 0 Å². The van der Waals surface area contributed by atoms with E-state index >= 15 is 0 Å². The molecule has 2 atom stereocenters. The second-order valence-corrected chi connectivity index (χ2v) is 8.19. The number of nitrogens with two attached hydrogens (primary N) is 1. The number of nitrogens with one attached hydrogen (secondary N) is 1. The molecule has 0 amide bonds. The lowest BCUT2D eigenvalue weighted by molar-refractivity contribution is 0.242. The number of ether oxygens (including phenoxy) is 1. The zero-order chi connectivity index (χ0) is 15.5. The molecule has 118 valence electrons. The second-order valence-electron chi connectivity index (χ2n) is 5.96. The van der Waals surface area contributed by atoms with Gasteiger partial charge in [-0.1, -0.05) is 12.1 Å². The summed E-state index contributed by atoms with van der Waals surface area (Å²) in [7, 11) is -2.85. The standard InChI is InChI=1S/C15H24N2O3S/c1-11(2)20-14-5-3-4-13(9-14)15(17-16)8-12-6-7-21(18,19)10-12/h3-5,9,11-12,15,17H,6-8,10,16H2,1-2H3. The van der Waals surface area contributed by atoms with E-state index in [4.69, 9.17) is 10.6 Å². The minimum Gasteiger partial charge on any atom is -0.491 e. The van der Waals surface area contributed by atoms with E-state index < -0.39 is 9.84 Å². The molecule has 0 radical (unpaired) electrons. The number of sulfone groups is 1. The molecule has 1 aliphatic heterocycles. The molecule has 2 unspecified atom stereocenters. The molecule has 1 fully saturated rings. The predicted octanol–water partition coefficient (Wildman–Crippen LogP) is 1.80. The molecule has 3 N–H and O–H groups in total. The van der Waals surface area contributed by atoms with E-state index in [2.05, 4.69) is 5.43 Å². The highest BCUT2D eigenvalue weighted by molar-refractivity contribution is 7.91. The molecular weight excluding hydrogens is 288 g/mol. The number of benzene rings is 1. The molecule has 1 aromatic rings. The van der Waals surface area contributed by atoms with E-state index in [0.29, 0.717) is 5.75 Å². The van der Waals surface area contributed by atoms with Gasteiger partial charge in [-0.25, -0.2) is 8.42 Å². The van der Waals surface area contributed by atoms with Crippen LogP contribution in [-0.2, 0) is 9.84 Å². The van der Waals surface area contributed by atoms with Crippen LogP contribution >= 0.6 is 0 Å². The van der Waals surface area contributed by atoms with Crippen molar-refractivity contribution in [3.05, 3.63) is 29.8 Å². The smallest absolute Gasteiger partial charge is 0.150 e. The van der Waals surface area contributed by atoms with Crippen molar-refractivity contribution in [2.45, 2.75) is 38.8 Å². The highest BCUT2D eigenvalue weighted by Gasteiger charge is 2.30. The lowest BCUT2D eigenvalue weighted by Crippen LogP contribution is -2.30.